The minimum Gasteiger partial charge on any atom is -0.347 e. The van der Waals surface area contributed by atoms with Crippen LogP contribution in [0.15, 0.2) is 34.6 Å². The normalized spacial score (nSPS) is 11.9. The molecule has 2 aromatic heterocycles. The van der Waals surface area contributed by atoms with Crippen LogP contribution in [0.4, 0.5) is 5.69 Å². The van der Waals surface area contributed by atoms with Gasteiger partial charge in [0.25, 0.3) is 0 Å². The summed E-state index contributed by atoms with van der Waals surface area (Å²) in [6, 6.07) is 5.06. The monoisotopic (exact) mass is 321 g/mol. The maximum atomic E-state index is 12.0. The topological polar surface area (TPSA) is 94.2 Å². The third-order valence-corrected chi connectivity index (χ3v) is 4.24. The fourth-order valence-electron chi connectivity index (χ4n) is 2.05. The van der Waals surface area contributed by atoms with E-state index in [2.05, 4.69) is 5.32 Å². The molecule has 2 rings (SSSR count). The number of nitro groups is 1. The smallest absolute Gasteiger partial charge is 0.336 e. The van der Waals surface area contributed by atoms with Crippen LogP contribution in [0.5, 0.6) is 0 Å². The first-order chi connectivity index (χ1) is 10.4. The molecule has 2 heterocycles. The molecule has 0 aliphatic carbocycles. The number of pyridine rings is 1. The van der Waals surface area contributed by atoms with Gasteiger partial charge in [-0.1, -0.05) is 6.07 Å². The van der Waals surface area contributed by atoms with Crippen LogP contribution in [-0.2, 0) is 11.3 Å². The molecule has 8 heteroatoms. The predicted molar refractivity (Wildman–Crippen MR) is 83.0 cm³/mol. The molecular weight excluding hydrogens is 306 g/mol. The summed E-state index contributed by atoms with van der Waals surface area (Å²) in [5, 5.41) is 15.6. The Morgan fingerprint density at radius 2 is 2.23 bits per heavy atom. The lowest BCUT2D eigenvalue weighted by molar-refractivity contribution is -0.387. The Morgan fingerprint density at radius 3 is 2.82 bits per heavy atom. The van der Waals surface area contributed by atoms with E-state index < -0.39 is 16.2 Å². The van der Waals surface area contributed by atoms with Crippen molar-refractivity contribution < 1.29 is 9.72 Å². The summed E-state index contributed by atoms with van der Waals surface area (Å²) in [4.78, 5) is 35.2. The van der Waals surface area contributed by atoms with Crippen LogP contribution in [0, 0.1) is 17.0 Å². The Morgan fingerprint density at radius 1 is 1.50 bits per heavy atom. The van der Waals surface area contributed by atoms with Crippen molar-refractivity contribution in [3.05, 3.63) is 60.7 Å². The van der Waals surface area contributed by atoms with Crippen molar-refractivity contribution in [2.75, 3.05) is 0 Å². The number of amides is 1. The molecule has 0 fully saturated rings. The average Bonchev–Trinajstić information content (AvgIpc) is 2.96. The first kappa shape index (κ1) is 15.9. The molecule has 0 aliphatic rings. The zero-order valence-corrected chi connectivity index (χ0v) is 12.9. The summed E-state index contributed by atoms with van der Waals surface area (Å²) in [7, 11) is 0. The van der Waals surface area contributed by atoms with Gasteiger partial charge in [0, 0.05) is 16.6 Å². The summed E-state index contributed by atoms with van der Waals surface area (Å²) in [6.45, 7) is 3.07. The highest BCUT2D eigenvalue weighted by atomic mass is 32.1. The first-order valence-corrected chi connectivity index (χ1v) is 7.45. The van der Waals surface area contributed by atoms with E-state index in [-0.39, 0.29) is 24.1 Å². The van der Waals surface area contributed by atoms with Gasteiger partial charge in [-0.2, -0.15) is 0 Å². The first-order valence-electron chi connectivity index (χ1n) is 6.57. The zero-order valence-electron chi connectivity index (χ0n) is 12.1. The number of aryl methyl sites for hydroxylation is 1. The Balaban J connectivity index is 2.14. The van der Waals surface area contributed by atoms with E-state index in [1.54, 1.807) is 0 Å². The Hall–Kier alpha value is -2.48. The fraction of sp³-hybridized carbons (Fsp3) is 0.286. The molecule has 1 amide bonds. The van der Waals surface area contributed by atoms with Crippen molar-refractivity contribution in [2.24, 2.45) is 0 Å². The molecule has 0 saturated carbocycles. The standard InChI is InChI=1S/C14H15N3O4S/c1-9-5-6-16(14(19)13(9)17(20)21)8-12(18)15-10(2)11-4-3-7-22-11/h3-7,10H,8H2,1-2H3,(H,15,18)/t10-/m0/s1. The van der Waals surface area contributed by atoms with Gasteiger partial charge in [-0.05, 0) is 31.4 Å². The van der Waals surface area contributed by atoms with Gasteiger partial charge in [0.05, 0.1) is 11.0 Å². The fourth-order valence-corrected chi connectivity index (χ4v) is 2.78. The van der Waals surface area contributed by atoms with Crippen LogP contribution in [0.1, 0.15) is 23.4 Å². The van der Waals surface area contributed by atoms with Gasteiger partial charge in [0.15, 0.2) is 0 Å². The highest BCUT2D eigenvalue weighted by Crippen LogP contribution is 2.18. The maximum absolute atomic E-state index is 12.0. The number of nitrogens with zero attached hydrogens (tertiary/aromatic N) is 2. The number of rotatable bonds is 5. The van der Waals surface area contributed by atoms with Crippen LogP contribution >= 0.6 is 11.3 Å². The van der Waals surface area contributed by atoms with E-state index in [9.17, 15) is 19.7 Å². The zero-order chi connectivity index (χ0) is 16.3. The number of carbonyl (C=O) groups excluding carboxylic acids is 1. The van der Waals surface area contributed by atoms with Gasteiger partial charge in [-0.15, -0.1) is 11.3 Å². The van der Waals surface area contributed by atoms with Gasteiger partial charge >= 0.3 is 11.2 Å². The summed E-state index contributed by atoms with van der Waals surface area (Å²) >= 11 is 1.52. The number of thiophene rings is 1. The van der Waals surface area contributed by atoms with Crippen LogP contribution in [0.2, 0.25) is 0 Å². The molecule has 7 nitrogen and oxygen atoms in total. The second-order valence-corrected chi connectivity index (χ2v) is 5.82. The minimum atomic E-state index is -0.774. The maximum Gasteiger partial charge on any atom is 0.336 e. The van der Waals surface area contributed by atoms with E-state index in [1.165, 1.54) is 30.5 Å². The molecule has 0 spiro atoms. The summed E-state index contributed by atoms with van der Waals surface area (Å²) in [5.74, 6) is -0.374. The average molecular weight is 321 g/mol. The molecule has 2 aromatic rings. The third kappa shape index (κ3) is 3.40. The van der Waals surface area contributed by atoms with Crippen LogP contribution in [-0.4, -0.2) is 15.4 Å². The van der Waals surface area contributed by atoms with Gasteiger partial charge < -0.3 is 9.88 Å². The van der Waals surface area contributed by atoms with E-state index in [0.29, 0.717) is 0 Å². The molecule has 1 atom stereocenters. The molecule has 0 aromatic carbocycles. The van der Waals surface area contributed by atoms with Crippen LogP contribution in [0.3, 0.4) is 0 Å². The molecule has 0 bridgehead atoms. The van der Waals surface area contributed by atoms with E-state index in [1.807, 2.05) is 24.4 Å². The summed E-state index contributed by atoms with van der Waals surface area (Å²) in [5.41, 5.74) is -0.996. The van der Waals surface area contributed by atoms with E-state index >= 15 is 0 Å². The molecule has 22 heavy (non-hydrogen) atoms. The molecule has 0 radical (unpaired) electrons. The third-order valence-electron chi connectivity index (χ3n) is 3.19. The van der Waals surface area contributed by atoms with E-state index in [0.717, 1.165) is 9.44 Å². The van der Waals surface area contributed by atoms with Crippen molar-refractivity contribution in [1.29, 1.82) is 0 Å². The molecular formula is C14H15N3O4S. The number of carbonyl (C=O) groups is 1. The minimum absolute atomic E-state index is 0.177. The predicted octanol–water partition coefficient (Wildman–Crippen LogP) is 2.00. The Bertz CT molecular complexity index is 752. The highest BCUT2D eigenvalue weighted by molar-refractivity contribution is 7.10. The Labute approximate surface area is 130 Å². The largest absolute Gasteiger partial charge is 0.347 e. The van der Waals surface area contributed by atoms with Crippen molar-refractivity contribution in [3.63, 3.8) is 0 Å². The number of nitrogens with one attached hydrogen (secondary N) is 1. The lowest BCUT2D eigenvalue weighted by Gasteiger charge is -2.13. The lowest BCUT2D eigenvalue weighted by atomic mass is 10.2. The van der Waals surface area contributed by atoms with Crippen molar-refractivity contribution >= 4 is 22.9 Å². The molecule has 0 unspecified atom stereocenters. The molecule has 1 N–H and O–H groups in total. The number of hydrogen-bond donors (Lipinski definition) is 1. The van der Waals surface area contributed by atoms with Gasteiger partial charge in [-0.25, -0.2) is 0 Å². The van der Waals surface area contributed by atoms with Crippen molar-refractivity contribution in [2.45, 2.75) is 26.4 Å². The van der Waals surface area contributed by atoms with Crippen LogP contribution in [0.25, 0.3) is 0 Å². The lowest BCUT2D eigenvalue weighted by Crippen LogP contribution is -2.34. The summed E-state index contributed by atoms with van der Waals surface area (Å²) in [6.07, 6.45) is 1.39. The molecule has 0 saturated heterocycles. The second kappa shape index (κ2) is 6.52. The van der Waals surface area contributed by atoms with Crippen LogP contribution < -0.4 is 10.9 Å². The van der Waals surface area contributed by atoms with Gasteiger partial charge in [0.2, 0.25) is 5.91 Å². The van der Waals surface area contributed by atoms with Crippen molar-refractivity contribution in [1.82, 2.24) is 9.88 Å². The quantitative estimate of drug-likeness (QED) is 0.673. The number of aromatic nitrogens is 1. The van der Waals surface area contributed by atoms with Gasteiger partial charge in [0.1, 0.15) is 6.54 Å². The summed E-state index contributed by atoms with van der Waals surface area (Å²) < 4.78 is 1.04. The highest BCUT2D eigenvalue weighted by Gasteiger charge is 2.19. The SMILES string of the molecule is Cc1ccn(CC(=O)N[C@@H](C)c2cccs2)c(=O)c1[N+](=O)[O-]. The van der Waals surface area contributed by atoms with Crippen molar-refractivity contribution in [3.8, 4) is 0 Å². The second-order valence-electron chi connectivity index (χ2n) is 4.84. The molecule has 0 aliphatic heterocycles. The number of hydrogen-bond acceptors (Lipinski definition) is 5. The van der Waals surface area contributed by atoms with E-state index in [4.69, 9.17) is 0 Å². The Kier molecular flexibility index (Phi) is 4.71. The molecule has 116 valence electrons. The van der Waals surface area contributed by atoms with Gasteiger partial charge in [-0.3, -0.25) is 19.7 Å².